The van der Waals surface area contributed by atoms with E-state index in [0.717, 1.165) is 16.7 Å². The molecule has 0 unspecified atom stereocenters. The molecule has 0 spiro atoms. The van der Waals surface area contributed by atoms with Crippen LogP contribution in [0.3, 0.4) is 0 Å². The first-order valence-electron chi connectivity index (χ1n) is 6.97. The Bertz CT molecular complexity index is 677. The molecule has 0 saturated carbocycles. The fourth-order valence-corrected chi connectivity index (χ4v) is 3.07. The Hall–Kier alpha value is -2.18. The van der Waals surface area contributed by atoms with Crippen LogP contribution in [0.4, 0.5) is 5.00 Å². The number of anilines is 1. The molecule has 2 rings (SSSR count). The zero-order chi connectivity index (χ0) is 16.1. The lowest BCUT2D eigenvalue weighted by Crippen LogP contribution is -2.29. The number of aryl methyl sites for hydroxylation is 1. The van der Waals surface area contributed by atoms with Crippen molar-refractivity contribution in [2.24, 2.45) is 5.73 Å². The van der Waals surface area contributed by atoms with E-state index in [1.165, 1.54) is 18.3 Å². The van der Waals surface area contributed by atoms with Gasteiger partial charge in [0.25, 0.3) is 5.91 Å². The quantitative estimate of drug-likeness (QED) is 0.791. The first-order valence-corrected chi connectivity index (χ1v) is 7.85. The molecule has 0 aliphatic rings. The van der Waals surface area contributed by atoms with Crippen molar-refractivity contribution >= 4 is 28.2 Å². The standard InChI is InChI=1S/C16H19N3O2S/c1-10-3-5-12(6-4-10)13-9-22-16(19-11(2)20)14(13)15(21)18-8-7-17/h3-6,9H,7-8,17H2,1-2H3,(H,18,21)(H,19,20). The van der Waals surface area contributed by atoms with Gasteiger partial charge < -0.3 is 16.4 Å². The minimum Gasteiger partial charge on any atom is -0.351 e. The lowest BCUT2D eigenvalue weighted by atomic mass is 10.0. The summed E-state index contributed by atoms with van der Waals surface area (Å²) in [4.78, 5) is 23.8. The number of rotatable bonds is 5. The van der Waals surface area contributed by atoms with Crippen LogP contribution in [-0.2, 0) is 4.79 Å². The highest BCUT2D eigenvalue weighted by Gasteiger charge is 2.20. The summed E-state index contributed by atoms with van der Waals surface area (Å²) < 4.78 is 0. The molecular formula is C16H19N3O2S. The summed E-state index contributed by atoms with van der Waals surface area (Å²) in [6.07, 6.45) is 0. The molecule has 22 heavy (non-hydrogen) atoms. The molecule has 2 aromatic rings. The largest absolute Gasteiger partial charge is 0.351 e. The van der Waals surface area contributed by atoms with Crippen molar-refractivity contribution in [3.63, 3.8) is 0 Å². The molecule has 0 atom stereocenters. The monoisotopic (exact) mass is 317 g/mol. The van der Waals surface area contributed by atoms with Crippen LogP contribution in [0.15, 0.2) is 29.6 Å². The predicted molar refractivity (Wildman–Crippen MR) is 90.2 cm³/mol. The van der Waals surface area contributed by atoms with Gasteiger partial charge in [-0.1, -0.05) is 29.8 Å². The van der Waals surface area contributed by atoms with Gasteiger partial charge in [0.1, 0.15) is 5.00 Å². The number of hydrogen-bond acceptors (Lipinski definition) is 4. The van der Waals surface area contributed by atoms with E-state index in [9.17, 15) is 9.59 Å². The van der Waals surface area contributed by atoms with Crippen molar-refractivity contribution in [1.82, 2.24) is 5.32 Å². The molecule has 0 bridgehead atoms. The van der Waals surface area contributed by atoms with Crippen LogP contribution < -0.4 is 16.4 Å². The fourth-order valence-electron chi connectivity index (χ4n) is 2.05. The second-order valence-electron chi connectivity index (χ2n) is 4.95. The Kier molecular flexibility index (Phi) is 5.30. The minimum absolute atomic E-state index is 0.204. The first kappa shape index (κ1) is 16.2. The summed E-state index contributed by atoms with van der Waals surface area (Å²) in [6, 6.07) is 7.92. The van der Waals surface area contributed by atoms with Crippen LogP contribution in [0, 0.1) is 6.92 Å². The van der Waals surface area contributed by atoms with Crippen molar-refractivity contribution < 1.29 is 9.59 Å². The van der Waals surface area contributed by atoms with Crippen molar-refractivity contribution in [1.29, 1.82) is 0 Å². The van der Waals surface area contributed by atoms with Gasteiger partial charge in [0.05, 0.1) is 5.56 Å². The third-order valence-electron chi connectivity index (χ3n) is 3.10. The molecule has 1 aromatic heterocycles. The van der Waals surface area contributed by atoms with Gasteiger partial charge in [0.2, 0.25) is 5.91 Å². The van der Waals surface area contributed by atoms with Gasteiger partial charge in [-0.25, -0.2) is 0 Å². The van der Waals surface area contributed by atoms with E-state index in [2.05, 4.69) is 10.6 Å². The maximum atomic E-state index is 12.4. The molecule has 0 fully saturated rings. The van der Waals surface area contributed by atoms with E-state index in [-0.39, 0.29) is 11.8 Å². The van der Waals surface area contributed by atoms with Crippen LogP contribution in [0.2, 0.25) is 0 Å². The highest BCUT2D eigenvalue weighted by molar-refractivity contribution is 7.15. The Morgan fingerprint density at radius 2 is 1.91 bits per heavy atom. The number of carbonyl (C=O) groups excluding carboxylic acids is 2. The molecule has 0 radical (unpaired) electrons. The molecule has 0 saturated heterocycles. The number of nitrogens with one attached hydrogen (secondary N) is 2. The maximum Gasteiger partial charge on any atom is 0.254 e. The highest BCUT2D eigenvalue weighted by Crippen LogP contribution is 2.35. The van der Waals surface area contributed by atoms with E-state index >= 15 is 0 Å². The zero-order valence-electron chi connectivity index (χ0n) is 12.6. The van der Waals surface area contributed by atoms with E-state index in [1.807, 2.05) is 36.6 Å². The molecule has 0 aliphatic heterocycles. The van der Waals surface area contributed by atoms with Crippen molar-refractivity contribution in [2.75, 3.05) is 18.4 Å². The van der Waals surface area contributed by atoms with Gasteiger partial charge in [-0.3, -0.25) is 9.59 Å². The van der Waals surface area contributed by atoms with E-state index in [1.54, 1.807) is 0 Å². The summed E-state index contributed by atoms with van der Waals surface area (Å²) in [5.74, 6) is -0.434. The second-order valence-corrected chi connectivity index (χ2v) is 5.82. The SMILES string of the molecule is CC(=O)Nc1scc(-c2ccc(C)cc2)c1C(=O)NCCN. The zero-order valence-corrected chi connectivity index (χ0v) is 13.4. The number of hydrogen-bond donors (Lipinski definition) is 3. The Morgan fingerprint density at radius 3 is 2.50 bits per heavy atom. The van der Waals surface area contributed by atoms with Crippen molar-refractivity contribution in [3.05, 3.63) is 40.8 Å². The second kappa shape index (κ2) is 7.20. The average Bonchev–Trinajstić information content (AvgIpc) is 2.88. The van der Waals surface area contributed by atoms with Gasteiger partial charge in [-0.15, -0.1) is 11.3 Å². The van der Waals surface area contributed by atoms with E-state index < -0.39 is 0 Å². The number of thiophene rings is 1. The van der Waals surface area contributed by atoms with Crippen molar-refractivity contribution in [3.8, 4) is 11.1 Å². The van der Waals surface area contributed by atoms with Gasteiger partial charge in [0.15, 0.2) is 0 Å². The highest BCUT2D eigenvalue weighted by atomic mass is 32.1. The van der Waals surface area contributed by atoms with Gasteiger partial charge in [-0.2, -0.15) is 0 Å². The average molecular weight is 317 g/mol. The summed E-state index contributed by atoms with van der Waals surface area (Å²) in [6.45, 7) is 4.19. The summed E-state index contributed by atoms with van der Waals surface area (Å²) >= 11 is 1.34. The lowest BCUT2D eigenvalue weighted by molar-refractivity contribution is -0.114. The molecular weight excluding hydrogens is 298 g/mol. The number of nitrogens with two attached hydrogens (primary N) is 1. The molecule has 116 valence electrons. The fraction of sp³-hybridized carbons (Fsp3) is 0.250. The third-order valence-corrected chi connectivity index (χ3v) is 4.00. The Morgan fingerprint density at radius 1 is 1.23 bits per heavy atom. The summed E-state index contributed by atoms with van der Waals surface area (Å²) in [7, 11) is 0. The molecule has 2 amide bonds. The van der Waals surface area contributed by atoms with Gasteiger partial charge in [0, 0.05) is 31.0 Å². The summed E-state index contributed by atoms with van der Waals surface area (Å²) in [5, 5.41) is 7.92. The minimum atomic E-state index is -0.231. The number of amides is 2. The molecule has 5 nitrogen and oxygen atoms in total. The normalized spacial score (nSPS) is 10.3. The van der Waals surface area contributed by atoms with Gasteiger partial charge in [-0.05, 0) is 12.5 Å². The first-order chi connectivity index (χ1) is 10.5. The van der Waals surface area contributed by atoms with Gasteiger partial charge >= 0.3 is 0 Å². The molecule has 6 heteroatoms. The Balaban J connectivity index is 2.44. The van der Waals surface area contributed by atoms with Crippen molar-refractivity contribution in [2.45, 2.75) is 13.8 Å². The molecule has 4 N–H and O–H groups in total. The molecule has 0 aliphatic carbocycles. The van der Waals surface area contributed by atoms with E-state index in [0.29, 0.717) is 23.7 Å². The smallest absolute Gasteiger partial charge is 0.254 e. The van der Waals surface area contributed by atoms with E-state index in [4.69, 9.17) is 5.73 Å². The predicted octanol–water partition coefficient (Wildman–Crippen LogP) is 2.37. The number of carbonyl (C=O) groups is 2. The third kappa shape index (κ3) is 3.72. The van der Waals surface area contributed by atoms with Crippen LogP contribution in [0.5, 0.6) is 0 Å². The topological polar surface area (TPSA) is 84.2 Å². The van der Waals surface area contributed by atoms with Crippen LogP contribution in [-0.4, -0.2) is 24.9 Å². The number of benzene rings is 1. The molecule has 1 aromatic carbocycles. The van der Waals surface area contributed by atoms with Crippen LogP contribution in [0.1, 0.15) is 22.8 Å². The van der Waals surface area contributed by atoms with Crippen LogP contribution >= 0.6 is 11.3 Å². The summed E-state index contributed by atoms with van der Waals surface area (Å²) in [5.41, 5.74) is 8.81. The lowest BCUT2D eigenvalue weighted by Gasteiger charge is -2.09. The molecule has 1 heterocycles. The van der Waals surface area contributed by atoms with Crippen LogP contribution in [0.25, 0.3) is 11.1 Å². The maximum absolute atomic E-state index is 12.4. The Labute approximate surface area is 133 Å².